The smallest absolute Gasteiger partial charge is 0.410 e. The highest BCUT2D eigenvalue weighted by Gasteiger charge is 2.34. The minimum atomic E-state index is -0.909. The third kappa shape index (κ3) is 4.49. The summed E-state index contributed by atoms with van der Waals surface area (Å²) < 4.78 is 10.5. The first kappa shape index (κ1) is 14.2. The number of nitrogens with zero attached hydrogens (tertiary/aromatic N) is 1. The lowest BCUT2D eigenvalue weighted by atomic mass is 10.0. The van der Waals surface area contributed by atoms with Crippen molar-refractivity contribution < 1.29 is 19.4 Å². The summed E-state index contributed by atoms with van der Waals surface area (Å²) in [6, 6.07) is 0. The molecule has 1 rings (SSSR count). The van der Waals surface area contributed by atoms with Crippen molar-refractivity contribution in [3.63, 3.8) is 0 Å². The van der Waals surface area contributed by atoms with E-state index >= 15 is 0 Å². The second kappa shape index (κ2) is 5.20. The van der Waals surface area contributed by atoms with Gasteiger partial charge < -0.3 is 25.2 Å². The summed E-state index contributed by atoms with van der Waals surface area (Å²) in [6.07, 6.45) is -0.425. The highest BCUT2D eigenvalue weighted by molar-refractivity contribution is 5.68. The van der Waals surface area contributed by atoms with E-state index in [2.05, 4.69) is 0 Å². The maximum Gasteiger partial charge on any atom is 0.410 e. The molecule has 1 aliphatic rings. The first-order chi connectivity index (χ1) is 7.76. The van der Waals surface area contributed by atoms with Crippen LogP contribution < -0.4 is 5.73 Å². The van der Waals surface area contributed by atoms with E-state index in [1.54, 1.807) is 20.8 Å². The molecular formula is C11H22N2O4. The van der Waals surface area contributed by atoms with Gasteiger partial charge in [-0.2, -0.15) is 0 Å². The van der Waals surface area contributed by atoms with Gasteiger partial charge in [0, 0.05) is 13.1 Å². The topological polar surface area (TPSA) is 85.0 Å². The Morgan fingerprint density at radius 3 is 2.76 bits per heavy atom. The monoisotopic (exact) mass is 246 g/mol. The largest absolute Gasteiger partial charge is 0.444 e. The molecule has 1 fully saturated rings. The summed E-state index contributed by atoms with van der Waals surface area (Å²) in [5.74, 6) is 0. The van der Waals surface area contributed by atoms with E-state index in [-0.39, 0.29) is 19.8 Å². The number of carbonyl (C=O) groups excluding carboxylic acids is 1. The molecule has 0 radical (unpaired) electrons. The molecule has 3 N–H and O–H groups in total. The Labute approximate surface area is 102 Å². The van der Waals surface area contributed by atoms with E-state index in [0.717, 1.165) is 0 Å². The van der Waals surface area contributed by atoms with Crippen molar-refractivity contribution in [3.05, 3.63) is 0 Å². The predicted molar refractivity (Wildman–Crippen MR) is 62.6 cm³/mol. The molecule has 0 aliphatic carbocycles. The first-order valence-electron chi connectivity index (χ1n) is 5.71. The van der Waals surface area contributed by atoms with Crippen LogP contribution in [0.3, 0.4) is 0 Å². The lowest BCUT2D eigenvalue weighted by Gasteiger charge is -2.31. The van der Waals surface area contributed by atoms with E-state index in [9.17, 15) is 9.90 Å². The highest BCUT2D eigenvalue weighted by Crippen LogP contribution is 2.14. The van der Waals surface area contributed by atoms with E-state index in [0.29, 0.717) is 13.2 Å². The minimum absolute atomic E-state index is 0.230. The van der Waals surface area contributed by atoms with Crippen LogP contribution in [-0.4, -0.2) is 60.1 Å². The predicted octanol–water partition coefficient (Wildman–Crippen LogP) is -0.0565. The average molecular weight is 246 g/mol. The molecule has 1 atom stereocenters. The second-order valence-corrected chi connectivity index (χ2v) is 5.47. The molecule has 0 saturated carbocycles. The molecule has 1 aliphatic heterocycles. The molecule has 0 aromatic carbocycles. The van der Waals surface area contributed by atoms with Gasteiger partial charge in [-0.1, -0.05) is 0 Å². The Kier molecular flexibility index (Phi) is 4.35. The fourth-order valence-electron chi connectivity index (χ4n) is 1.53. The number of aliphatic hydroxyl groups excluding tert-OH is 1. The number of carbonyl (C=O) groups is 1. The number of hydrogen-bond donors (Lipinski definition) is 2. The normalized spacial score (nSPS) is 26.5. The summed E-state index contributed by atoms with van der Waals surface area (Å²) >= 11 is 0. The molecule has 0 aromatic rings. The van der Waals surface area contributed by atoms with Gasteiger partial charge in [0.15, 0.2) is 0 Å². The average Bonchev–Trinajstić information content (AvgIpc) is 2.39. The Balaban J connectivity index is 2.66. The van der Waals surface area contributed by atoms with Crippen molar-refractivity contribution in [1.82, 2.24) is 4.90 Å². The van der Waals surface area contributed by atoms with Crippen molar-refractivity contribution >= 4 is 6.09 Å². The quantitative estimate of drug-likeness (QED) is 0.677. The van der Waals surface area contributed by atoms with Crippen LogP contribution in [0.2, 0.25) is 0 Å². The molecule has 1 unspecified atom stereocenters. The SMILES string of the molecule is CC(C)(C)OC(=O)N1CCOCC(N)(CO)C1. The molecule has 17 heavy (non-hydrogen) atoms. The Hall–Kier alpha value is -0.850. The van der Waals surface area contributed by atoms with Gasteiger partial charge in [0.1, 0.15) is 5.60 Å². The zero-order valence-electron chi connectivity index (χ0n) is 10.7. The summed E-state index contributed by atoms with van der Waals surface area (Å²) in [5, 5.41) is 9.22. The highest BCUT2D eigenvalue weighted by atomic mass is 16.6. The van der Waals surface area contributed by atoms with E-state index in [4.69, 9.17) is 15.2 Å². The standard InChI is InChI=1S/C11H22N2O4/c1-10(2,3)17-9(15)13-4-5-16-8-11(12,6-13)7-14/h14H,4-8,12H2,1-3H3. The molecular weight excluding hydrogens is 224 g/mol. The third-order valence-electron chi connectivity index (χ3n) is 2.37. The molecule has 0 spiro atoms. The van der Waals surface area contributed by atoms with Crippen LogP contribution in [-0.2, 0) is 9.47 Å². The molecule has 6 heteroatoms. The second-order valence-electron chi connectivity index (χ2n) is 5.47. The van der Waals surface area contributed by atoms with Crippen LogP contribution in [0.1, 0.15) is 20.8 Å². The fourth-order valence-corrected chi connectivity index (χ4v) is 1.53. The molecule has 1 amide bonds. The van der Waals surface area contributed by atoms with Gasteiger partial charge in [0.25, 0.3) is 0 Å². The summed E-state index contributed by atoms with van der Waals surface area (Å²) in [5.41, 5.74) is 4.48. The number of rotatable bonds is 1. The van der Waals surface area contributed by atoms with E-state index in [1.165, 1.54) is 4.90 Å². The maximum atomic E-state index is 11.9. The van der Waals surface area contributed by atoms with Gasteiger partial charge >= 0.3 is 6.09 Å². The Morgan fingerprint density at radius 2 is 2.24 bits per heavy atom. The van der Waals surface area contributed by atoms with E-state index < -0.39 is 17.2 Å². The molecule has 1 heterocycles. The van der Waals surface area contributed by atoms with Gasteiger partial charge in [-0.3, -0.25) is 0 Å². The van der Waals surface area contributed by atoms with Crippen LogP contribution >= 0.6 is 0 Å². The number of amides is 1. The molecule has 6 nitrogen and oxygen atoms in total. The third-order valence-corrected chi connectivity index (χ3v) is 2.37. The molecule has 0 bridgehead atoms. The Bertz CT molecular complexity index is 277. The molecule has 0 aromatic heterocycles. The van der Waals surface area contributed by atoms with Gasteiger partial charge in [-0.05, 0) is 20.8 Å². The van der Waals surface area contributed by atoms with Gasteiger partial charge in [0.2, 0.25) is 0 Å². The number of aliphatic hydroxyl groups is 1. The van der Waals surface area contributed by atoms with Crippen molar-refractivity contribution in [3.8, 4) is 0 Å². The lowest BCUT2D eigenvalue weighted by Crippen LogP contribution is -2.56. The van der Waals surface area contributed by atoms with Crippen LogP contribution in [0.5, 0.6) is 0 Å². The lowest BCUT2D eigenvalue weighted by molar-refractivity contribution is 0.0210. The number of nitrogens with two attached hydrogens (primary N) is 1. The Morgan fingerprint density at radius 1 is 1.59 bits per heavy atom. The van der Waals surface area contributed by atoms with Crippen LogP contribution in [0.25, 0.3) is 0 Å². The molecule has 100 valence electrons. The fraction of sp³-hybridized carbons (Fsp3) is 0.909. The van der Waals surface area contributed by atoms with Crippen LogP contribution in [0.4, 0.5) is 4.79 Å². The van der Waals surface area contributed by atoms with Crippen molar-refractivity contribution in [2.75, 3.05) is 32.9 Å². The van der Waals surface area contributed by atoms with Crippen LogP contribution in [0.15, 0.2) is 0 Å². The zero-order valence-corrected chi connectivity index (χ0v) is 10.7. The van der Waals surface area contributed by atoms with Crippen molar-refractivity contribution in [1.29, 1.82) is 0 Å². The maximum absolute atomic E-state index is 11.9. The molecule has 1 saturated heterocycles. The minimum Gasteiger partial charge on any atom is -0.444 e. The van der Waals surface area contributed by atoms with Gasteiger partial charge in [-0.15, -0.1) is 0 Å². The summed E-state index contributed by atoms with van der Waals surface area (Å²) in [7, 11) is 0. The first-order valence-corrected chi connectivity index (χ1v) is 5.71. The van der Waals surface area contributed by atoms with Gasteiger partial charge in [-0.25, -0.2) is 4.79 Å². The number of hydrogen-bond acceptors (Lipinski definition) is 5. The zero-order chi connectivity index (χ0) is 13.1. The van der Waals surface area contributed by atoms with Gasteiger partial charge in [0.05, 0.1) is 25.4 Å². The number of ether oxygens (including phenoxy) is 2. The van der Waals surface area contributed by atoms with Crippen LogP contribution in [0, 0.1) is 0 Å². The van der Waals surface area contributed by atoms with Crippen molar-refractivity contribution in [2.24, 2.45) is 5.73 Å². The summed E-state index contributed by atoms with van der Waals surface area (Å²) in [4.78, 5) is 13.4. The van der Waals surface area contributed by atoms with E-state index in [1.807, 2.05) is 0 Å². The van der Waals surface area contributed by atoms with Crippen molar-refractivity contribution in [2.45, 2.75) is 31.9 Å². The summed E-state index contributed by atoms with van der Waals surface area (Å²) in [6.45, 7) is 6.49.